The van der Waals surface area contributed by atoms with Gasteiger partial charge in [0, 0.05) is 12.4 Å². The molecule has 0 spiro atoms. The van der Waals surface area contributed by atoms with Gasteiger partial charge in [-0.25, -0.2) is 4.98 Å². The van der Waals surface area contributed by atoms with Crippen molar-refractivity contribution in [2.24, 2.45) is 10.9 Å². The lowest BCUT2D eigenvalue weighted by molar-refractivity contribution is 0.318. The van der Waals surface area contributed by atoms with Gasteiger partial charge in [0.05, 0.1) is 5.69 Å². The van der Waals surface area contributed by atoms with Crippen LogP contribution < -0.4 is 5.73 Å². The molecule has 2 aromatic rings. The molecule has 2 aromatic heterocycles. The maximum Gasteiger partial charge on any atom is 0.187 e. The normalized spacial score (nSPS) is 11.7. The number of aromatic nitrogens is 2. The van der Waals surface area contributed by atoms with Crippen LogP contribution in [0.15, 0.2) is 41.8 Å². The molecule has 0 unspecified atom stereocenters. The molecule has 0 saturated heterocycles. The lowest BCUT2D eigenvalue weighted by atomic mass is 10.3. The van der Waals surface area contributed by atoms with Crippen LogP contribution in [0.2, 0.25) is 0 Å². The van der Waals surface area contributed by atoms with Crippen molar-refractivity contribution >= 4 is 5.84 Å². The third kappa shape index (κ3) is 1.75. The van der Waals surface area contributed by atoms with Gasteiger partial charge in [0.25, 0.3) is 0 Å². The van der Waals surface area contributed by atoms with E-state index in [2.05, 4.69) is 10.1 Å². The minimum absolute atomic E-state index is 0.0632. The van der Waals surface area contributed by atoms with Crippen molar-refractivity contribution in [1.29, 1.82) is 0 Å². The Morgan fingerprint density at radius 2 is 2.31 bits per heavy atom. The molecule has 82 valence electrons. The number of hydrogen-bond donors (Lipinski definition) is 2. The van der Waals surface area contributed by atoms with E-state index in [-0.39, 0.29) is 5.84 Å². The molecule has 0 aliphatic carbocycles. The smallest absolute Gasteiger partial charge is 0.187 e. The summed E-state index contributed by atoms with van der Waals surface area (Å²) < 4.78 is 1.77. The first-order valence-corrected chi connectivity index (χ1v) is 4.80. The first-order chi connectivity index (χ1) is 7.72. The van der Waals surface area contributed by atoms with Crippen LogP contribution in [-0.2, 0) is 0 Å². The molecule has 0 aliphatic rings. The van der Waals surface area contributed by atoms with Gasteiger partial charge in [0.1, 0.15) is 5.82 Å². The number of aryl methyl sites for hydroxylation is 1. The summed E-state index contributed by atoms with van der Waals surface area (Å²) >= 11 is 0. The molecule has 0 radical (unpaired) electrons. The van der Waals surface area contributed by atoms with Gasteiger partial charge >= 0.3 is 0 Å². The van der Waals surface area contributed by atoms with E-state index in [0.29, 0.717) is 5.69 Å². The largest absolute Gasteiger partial charge is 0.409 e. The summed E-state index contributed by atoms with van der Waals surface area (Å²) in [5, 5.41) is 11.6. The quantitative estimate of drug-likeness (QED) is 0.343. The zero-order chi connectivity index (χ0) is 11.5. The van der Waals surface area contributed by atoms with Crippen LogP contribution in [0.4, 0.5) is 0 Å². The highest BCUT2D eigenvalue weighted by Gasteiger charge is 2.08. The topological polar surface area (TPSA) is 76.4 Å². The molecule has 0 aromatic carbocycles. The van der Waals surface area contributed by atoms with Crippen LogP contribution in [0.3, 0.4) is 0 Å². The molecule has 16 heavy (non-hydrogen) atoms. The van der Waals surface area contributed by atoms with Gasteiger partial charge in [0.15, 0.2) is 5.84 Å². The predicted molar refractivity (Wildman–Crippen MR) is 60.8 cm³/mol. The molecule has 0 atom stereocenters. The van der Waals surface area contributed by atoms with Crippen molar-refractivity contribution in [3.8, 4) is 5.82 Å². The van der Waals surface area contributed by atoms with Gasteiger partial charge in [-0.2, -0.15) is 0 Å². The minimum Gasteiger partial charge on any atom is -0.409 e. The Hall–Kier alpha value is -2.30. The number of hydrogen-bond acceptors (Lipinski definition) is 3. The SMILES string of the molecule is Cc1ccnc(-n2cccc2/C(N)=N/O)c1. The van der Waals surface area contributed by atoms with Crippen molar-refractivity contribution in [3.63, 3.8) is 0 Å². The van der Waals surface area contributed by atoms with Gasteiger partial charge in [-0.15, -0.1) is 0 Å². The van der Waals surface area contributed by atoms with E-state index in [1.165, 1.54) is 0 Å². The molecular weight excluding hydrogens is 204 g/mol. The fourth-order valence-electron chi connectivity index (χ4n) is 1.49. The lowest BCUT2D eigenvalue weighted by Gasteiger charge is -2.07. The Labute approximate surface area is 92.8 Å². The third-order valence-electron chi connectivity index (χ3n) is 2.27. The van der Waals surface area contributed by atoms with E-state index in [4.69, 9.17) is 10.9 Å². The van der Waals surface area contributed by atoms with Gasteiger partial charge < -0.3 is 10.9 Å². The second-order valence-electron chi connectivity index (χ2n) is 3.44. The van der Waals surface area contributed by atoms with Crippen LogP contribution in [0.25, 0.3) is 5.82 Å². The summed E-state index contributed by atoms with van der Waals surface area (Å²) in [6.07, 6.45) is 3.54. The Bertz CT molecular complexity index is 530. The fourth-order valence-corrected chi connectivity index (χ4v) is 1.49. The third-order valence-corrected chi connectivity index (χ3v) is 2.27. The summed E-state index contributed by atoms with van der Waals surface area (Å²) in [6, 6.07) is 7.42. The van der Waals surface area contributed by atoms with Crippen LogP contribution in [-0.4, -0.2) is 20.6 Å². The molecule has 0 saturated carbocycles. The molecule has 2 heterocycles. The van der Waals surface area contributed by atoms with Gasteiger partial charge in [-0.3, -0.25) is 4.57 Å². The van der Waals surface area contributed by atoms with E-state index < -0.39 is 0 Å². The first kappa shape index (κ1) is 10.2. The molecule has 0 aliphatic heterocycles. The summed E-state index contributed by atoms with van der Waals surface area (Å²) in [6.45, 7) is 1.98. The van der Waals surface area contributed by atoms with E-state index >= 15 is 0 Å². The molecule has 0 amide bonds. The monoisotopic (exact) mass is 216 g/mol. The van der Waals surface area contributed by atoms with Crippen molar-refractivity contribution in [1.82, 2.24) is 9.55 Å². The number of pyridine rings is 1. The average molecular weight is 216 g/mol. The van der Waals surface area contributed by atoms with Gasteiger partial charge in [0.2, 0.25) is 0 Å². The first-order valence-electron chi connectivity index (χ1n) is 4.80. The van der Waals surface area contributed by atoms with E-state index in [1.54, 1.807) is 16.8 Å². The minimum atomic E-state index is 0.0632. The number of nitrogens with zero attached hydrogens (tertiary/aromatic N) is 3. The molecule has 2 rings (SSSR count). The summed E-state index contributed by atoms with van der Waals surface area (Å²) in [7, 11) is 0. The average Bonchev–Trinajstić information content (AvgIpc) is 2.77. The van der Waals surface area contributed by atoms with Crippen molar-refractivity contribution in [2.45, 2.75) is 6.92 Å². The maximum absolute atomic E-state index is 8.66. The lowest BCUT2D eigenvalue weighted by Crippen LogP contribution is -2.17. The second-order valence-corrected chi connectivity index (χ2v) is 3.44. The van der Waals surface area contributed by atoms with E-state index in [0.717, 1.165) is 11.4 Å². The van der Waals surface area contributed by atoms with E-state index in [9.17, 15) is 0 Å². The number of oxime groups is 1. The number of rotatable bonds is 2. The van der Waals surface area contributed by atoms with Crippen LogP contribution >= 0.6 is 0 Å². The summed E-state index contributed by atoms with van der Waals surface area (Å²) in [5.41, 5.74) is 7.28. The van der Waals surface area contributed by atoms with Crippen molar-refractivity contribution < 1.29 is 5.21 Å². The molecule has 5 nitrogen and oxygen atoms in total. The van der Waals surface area contributed by atoms with Crippen molar-refractivity contribution in [2.75, 3.05) is 0 Å². The van der Waals surface area contributed by atoms with Crippen molar-refractivity contribution in [3.05, 3.63) is 47.9 Å². The zero-order valence-corrected chi connectivity index (χ0v) is 8.83. The standard InChI is InChI=1S/C11H12N4O/c1-8-4-5-13-10(7-8)15-6-2-3-9(15)11(12)14-16/h2-7,16H,1H3,(H2,12,14). The Balaban J connectivity index is 2.53. The van der Waals surface area contributed by atoms with Crippen LogP contribution in [0, 0.1) is 6.92 Å². The summed E-state index contributed by atoms with van der Waals surface area (Å²) in [4.78, 5) is 4.23. The molecule has 0 bridgehead atoms. The van der Waals surface area contributed by atoms with Crippen LogP contribution in [0.1, 0.15) is 11.3 Å². The van der Waals surface area contributed by atoms with Crippen LogP contribution in [0.5, 0.6) is 0 Å². The Morgan fingerprint density at radius 3 is 3.00 bits per heavy atom. The van der Waals surface area contributed by atoms with Gasteiger partial charge in [-0.05, 0) is 36.8 Å². The maximum atomic E-state index is 8.66. The van der Waals surface area contributed by atoms with E-state index in [1.807, 2.05) is 31.3 Å². The highest BCUT2D eigenvalue weighted by Crippen LogP contribution is 2.11. The second kappa shape index (κ2) is 4.06. The Kier molecular flexibility index (Phi) is 2.59. The predicted octanol–water partition coefficient (Wildman–Crippen LogP) is 1.28. The molecule has 0 fully saturated rings. The number of amidine groups is 1. The molecule has 5 heteroatoms. The fraction of sp³-hybridized carbons (Fsp3) is 0.0909. The highest BCUT2D eigenvalue weighted by atomic mass is 16.4. The van der Waals surface area contributed by atoms with Gasteiger partial charge in [-0.1, -0.05) is 5.16 Å². The number of nitrogens with two attached hydrogens (primary N) is 1. The molecular formula is C11H12N4O. The highest BCUT2D eigenvalue weighted by molar-refractivity contribution is 5.96. The molecule has 3 N–H and O–H groups in total. The Morgan fingerprint density at radius 1 is 1.50 bits per heavy atom. The summed E-state index contributed by atoms with van der Waals surface area (Å²) in [5.74, 6) is 0.805. The zero-order valence-electron chi connectivity index (χ0n) is 8.83.